The number of aromatic carboxylic acids is 1. The number of nitrogens with zero attached hydrogens (tertiary/aromatic N) is 2. The third-order valence-electron chi connectivity index (χ3n) is 6.10. The van der Waals surface area contributed by atoms with Gasteiger partial charge < -0.3 is 14.7 Å². The Hall–Kier alpha value is -3.59. The van der Waals surface area contributed by atoms with Crippen LogP contribution < -0.4 is 4.31 Å². The summed E-state index contributed by atoms with van der Waals surface area (Å²) in [5.41, 5.74) is -0.173. The lowest BCUT2D eigenvalue weighted by Crippen LogP contribution is -2.49. The van der Waals surface area contributed by atoms with Gasteiger partial charge in [-0.25, -0.2) is 18.0 Å². The lowest BCUT2D eigenvalue weighted by Gasteiger charge is -2.39. The molecule has 1 saturated heterocycles. The van der Waals surface area contributed by atoms with Crippen molar-refractivity contribution in [3.63, 3.8) is 0 Å². The number of carbonyl (C=O) groups is 2. The van der Waals surface area contributed by atoms with Gasteiger partial charge in [-0.05, 0) is 69.3 Å². The number of hydrogen-bond acceptors (Lipinski definition) is 5. The molecule has 0 unspecified atom stereocenters. The zero-order valence-electron chi connectivity index (χ0n) is 20.5. The van der Waals surface area contributed by atoms with Gasteiger partial charge in [0.2, 0.25) is 0 Å². The number of sulfonamides is 1. The number of benzene rings is 3. The van der Waals surface area contributed by atoms with E-state index in [4.69, 9.17) is 4.74 Å². The monoisotopic (exact) mass is 510 g/mol. The van der Waals surface area contributed by atoms with E-state index in [1.54, 1.807) is 49.9 Å². The lowest BCUT2D eigenvalue weighted by molar-refractivity contribution is 0.0207. The maximum Gasteiger partial charge on any atom is 0.410 e. The molecule has 36 heavy (non-hydrogen) atoms. The zero-order chi connectivity index (χ0) is 26.1. The van der Waals surface area contributed by atoms with E-state index >= 15 is 0 Å². The Bertz CT molecular complexity index is 1370. The average molecular weight is 511 g/mol. The average Bonchev–Trinajstić information content (AvgIpc) is 2.83. The first-order valence-corrected chi connectivity index (χ1v) is 13.2. The van der Waals surface area contributed by atoms with Gasteiger partial charge in [0.15, 0.2) is 0 Å². The quantitative estimate of drug-likeness (QED) is 0.510. The lowest BCUT2D eigenvalue weighted by atomic mass is 10.0. The molecule has 1 aliphatic rings. The van der Waals surface area contributed by atoms with Crippen LogP contribution in [0.4, 0.5) is 10.5 Å². The number of carbonyl (C=O) groups excluding carboxylic acids is 1. The van der Waals surface area contributed by atoms with E-state index in [1.807, 2.05) is 18.2 Å². The summed E-state index contributed by atoms with van der Waals surface area (Å²) in [4.78, 5) is 25.7. The van der Waals surface area contributed by atoms with Gasteiger partial charge in [0.05, 0.1) is 16.1 Å². The maximum atomic E-state index is 14.2. The molecule has 0 aromatic heterocycles. The van der Waals surface area contributed by atoms with Crippen molar-refractivity contribution >= 4 is 38.5 Å². The second-order valence-corrected chi connectivity index (χ2v) is 11.6. The Morgan fingerprint density at radius 2 is 1.56 bits per heavy atom. The van der Waals surface area contributed by atoms with Crippen molar-refractivity contribution in [1.82, 2.24) is 4.90 Å². The van der Waals surface area contributed by atoms with Gasteiger partial charge in [-0.15, -0.1) is 0 Å². The van der Waals surface area contributed by atoms with Gasteiger partial charge in [0.25, 0.3) is 10.0 Å². The summed E-state index contributed by atoms with van der Waals surface area (Å²) in [5.74, 6) is -1.09. The number of rotatable bonds is 5. The molecule has 0 bridgehead atoms. The fourth-order valence-electron chi connectivity index (χ4n) is 4.43. The van der Waals surface area contributed by atoms with Gasteiger partial charge in [0, 0.05) is 24.5 Å². The molecule has 3 aromatic rings. The van der Waals surface area contributed by atoms with Crippen LogP contribution in [0.2, 0.25) is 0 Å². The van der Waals surface area contributed by atoms with Gasteiger partial charge in [-0.2, -0.15) is 0 Å². The third-order valence-corrected chi connectivity index (χ3v) is 8.04. The molecule has 190 valence electrons. The number of carboxylic acids is 1. The van der Waals surface area contributed by atoms with Crippen LogP contribution in [0, 0.1) is 0 Å². The van der Waals surface area contributed by atoms with Crippen molar-refractivity contribution in [2.75, 3.05) is 17.4 Å². The fourth-order valence-corrected chi connectivity index (χ4v) is 6.36. The summed E-state index contributed by atoms with van der Waals surface area (Å²) in [5, 5.41) is 10.7. The first-order valence-electron chi connectivity index (χ1n) is 11.8. The van der Waals surface area contributed by atoms with E-state index in [-0.39, 0.29) is 10.5 Å². The van der Waals surface area contributed by atoms with Crippen LogP contribution in [0.25, 0.3) is 10.8 Å². The van der Waals surface area contributed by atoms with Gasteiger partial charge >= 0.3 is 12.1 Å². The number of amides is 1. The topological polar surface area (TPSA) is 104 Å². The van der Waals surface area contributed by atoms with Crippen molar-refractivity contribution in [3.05, 3.63) is 72.3 Å². The largest absolute Gasteiger partial charge is 0.478 e. The molecular weight excluding hydrogens is 480 g/mol. The fraction of sp³-hybridized carbons (Fsp3) is 0.333. The van der Waals surface area contributed by atoms with Crippen LogP contribution in [0.1, 0.15) is 44.0 Å². The minimum absolute atomic E-state index is 0.0704. The number of fused-ring (bicyclic) bond motifs is 1. The summed E-state index contributed by atoms with van der Waals surface area (Å²) in [6.45, 7) is 6.09. The molecule has 1 amide bonds. The number of anilines is 1. The standard InChI is InChI=1S/C27H30N2O6S/c1-27(2,3)35-26(32)28-17-15-22(16-18-28)29(21-13-11-20(12-14-21)25(30)31)36(33,34)24-10-6-8-19-7-4-5-9-23(19)24/h4-14,22H,15-18H2,1-3H3,(H,30,31). The Morgan fingerprint density at radius 3 is 2.17 bits per heavy atom. The smallest absolute Gasteiger partial charge is 0.410 e. The molecule has 9 heteroatoms. The van der Waals surface area contributed by atoms with Crippen molar-refractivity contribution < 1.29 is 27.9 Å². The van der Waals surface area contributed by atoms with Crippen LogP contribution in [0.3, 0.4) is 0 Å². The molecule has 1 aliphatic heterocycles. The molecule has 0 aliphatic carbocycles. The highest BCUT2D eigenvalue weighted by molar-refractivity contribution is 7.93. The molecule has 0 spiro atoms. The Labute approximate surface area is 211 Å². The second-order valence-electron chi connectivity index (χ2n) is 9.83. The molecule has 4 rings (SSSR count). The SMILES string of the molecule is CC(C)(C)OC(=O)N1CCC(N(c2ccc(C(=O)O)cc2)S(=O)(=O)c2cccc3ccccc23)CC1. The molecule has 3 aromatic carbocycles. The van der Waals surface area contributed by atoms with E-state index in [0.29, 0.717) is 37.0 Å². The Balaban J connectivity index is 1.71. The highest BCUT2D eigenvalue weighted by atomic mass is 32.2. The van der Waals surface area contributed by atoms with E-state index < -0.39 is 33.7 Å². The van der Waals surface area contributed by atoms with E-state index in [2.05, 4.69) is 0 Å². The molecule has 0 saturated carbocycles. The number of piperidine rings is 1. The van der Waals surface area contributed by atoms with Crippen molar-refractivity contribution in [2.24, 2.45) is 0 Å². The van der Waals surface area contributed by atoms with E-state index in [0.717, 1.165) is 5.39 Å². The van der Waals surface area contributed by atoms with Crippen LogP contribution in [0.5, 0.6) is 0 Å². The van der Waals surface area contributed by atoms with Crippen LogP contribution in [-0.4, -0.2) is 55.2 Å². The molecule has 0 radical (unpaired) electrons. The van der Waals surface area contributed by atoms with Crippen LogP contribution in [0.15, 0.2) is 71.6 Å². The molecule has 1 fully saturated rings. The maximum absolute atomic E-state index is 14.2. The molecular formula is C27H30N2O6S. The number of hydrogen-bond donors (Lipinski definition) is 1. The predicted molar refractivity (Wildman–Crippen MR) is 138 cm³/mol. The van der Waals surface area contributed by atoms with Crippen LogP contribution in [-0.2, 0) is 14.8 Å². The minimum atomic E-state index is -4.03. The van der Waals surface area contributed by atoms with E-state index in [1.165, 1.54) is 28.6 Å². The summed E-state index contributed by atoms with van der Waals surface area (Å²) < 4.78 is 35.2. The summed E-state index contributed by atoms with van der Waals surface area (Å²) >= 11 is 0. The van der Waals surface area contributed by atoms with Gasteiger partial charge in [0.1, 0.15) is 5.60 Å². The number of likely N-dealkylation sites (tertiary alicyclic amines) is 1. The highest BCUT2D eigenvalue weighted by Gasteiger charge is 2.36. The number of ether oxygens (including phenoxy) is 1. The van der Waals surface area contributed by atoms with Crippen LogP contribution >= 0.6 is 0 Å². The molecule has 8 nitrogen and oxygen atoms in total. The van der Waals surface area contributed by atoms with E-state index in [9.17, 15) is 23.1 Å². The Kier molecular flexibility index (Phi) is 6.95. The number of carboxylic acid groups (broad SMARTS) is 1. The summed E-state index contributed by atoms with van der Waals surface area (Å²) in [6, 6.07) is 17.9. The zero-order valence-corrected chi connectivity index (χ0v) is 21.4. The Morgan fingerprint density at radius 1 is 0.944 bits per heavy atom. The predicted octanol–water partition coefficient (Wildman–Crippen LogP) is 5.13. The van der Waals surface area contributed by atoms with Gasteiger partial charge in [-0.3, -0.25) is 4.31 Å². The summed E-state index contributed by atoms with van der Waals surface area (Å²) in [7, 11) is -4.03. The van der Waals surface area contributed by atoms with Crippen molar-refractivity contribution in [1.29, 1.82) is 0 Å². The van der Waals surface area contributed by atoms with Gasteiger partial charge in [-0.1, -0.05) is 36.4 Å². The molecule has 0 atom stereocenters. The summed E-state index contributed by atoms with van der Waals surface area (Å²) in [6.07, 6.45) is 0.392. The first kappa shape index (κ1) is 25.5. The van der Waals surface area contributed by atoms with Crippen molar-refractivity contribution in [2.45, 2.75) is 50.2 Å². The third kappa shape index (κ3) is 5.31. The second kappa shape index (κ2) is 9.81. The highest BCUT2D eigenvalue weighted by Crippen LogP contribution is 2.34. The van der Waals surface area contributed by atoms with Crippen molar-refractivity contribution in [3.8, 4) is 0 Å². The molecule has 1 heterocycles. The first-order chi connectivity index (χ1) is 17.0. The normalized spacial score (nSPS) is 15.0. The minimum Gasteiger partial charge on any atom is -0.478 e. The molecule has 1 N–H and O–H groups in total.